The molecular formula is C23H30Cl2N4O3. The van der Waals surface area contributed by atoms with Gasteiger partial charge in [0.1, 0.15) is 5.75 Å². The molecule has 0 fully saturated rings. The fraction of sp³-hybridized carbons (Fsp3) is 0.348. The molecule has 174 valence electrons. The lowest BCUT2D eigenvalue weighted by atomic mass is 10.2. The molecule has 2 heterocycles. The summed E-state index contributed by atoms with van der Waals surface area (Å²) in [5.74, 6) is 0.790. The third kappa shape index (κ3) is 7.82. The number of likely N-dealkylation sites (N-methyl/N-ethyl adjacent to an activating group) is 1. The number of aryl methyl sites for hydroxylation is 1. The Balaban J connectivity index is 0.00000256. The maximum absolute atomic E-state index is 12.1. The van der Waals surface area contributed by atoms with Crippen molar-refractivity contribution >= 4 is 41.6 Å². The third-order valence-electron chi connectivity index (χ3n) is 4.88. The second kappa shape index (κ2) is 13.7. The molecule has 1 amide bonds. The molecule has 0 atom stereocenters. The minimum absolute atomic E-state index is 0. The highest BCUT2D eigenvalue weighted by Gasteiger charge is 2.11. The Bertz CT molecular complexity index is 1040. The highest BCUT2D eigenvalue weighted by Crippen LogP contribution is 2.19. The van der Waals surface area contributed by atoms with Crippen molar-refractivity contribution in [2.24, 2.45) is 7.05 Å². The normalized spacial score (nSPS) is 10.3. The first-order valence-electron chi connectivity index (χ1n) is 10.2. The molecule has 3 aromatic rings. The zero-order chi connectivity index (χ0) is 21.3. The molecule has 3 rings (SSSR count). The van der Waals surface area contributed by atoms with Crippen molar-refractivity contribution in [2.45, 2.75) is 19.9 Å². The number of benzene rings is 1. The van der Waals surface area contributed by atoms with Gasteiger partial charge in [0.25, 0.3) is 5.56 Å². The number of rotatable bonds is 10. The van der Waals surface area contributed by atoms with E-state index in [1.807, 2.05) is 43.3 Å². The summed E-state index contributed by atoms with van der Waals surface area (Å²) in [6.45, 7) is 4.85. The van der Waals surface area contributed by atoms with E-state index in [9.17, 15) is 9.59 Å². The quantitative estimate of drug-likeness (QED) is 0.451. The van der Waals surface area contributed by atoms with Crippen molar-refractivity contribution in [3.05, 3.63) is 70.8 Å². The number of carbonyl (C=O) groups excluding carboxylic acids is 1. The van der Waals surface area contributed by atoms with Gasteiger partial charge in [0.15, 0.2) is 0 Å². The standard InChI is InChI=1S/C23H28N4O3.2ClH/c1-3-25-22(28)17-27(16-18-9-11-24-12-10-18)13-4-14-30-20-6-7-21-19(15-20)5-8-23(29)26(21)2;;/h5-12,15H,3-4,13-14,16-17H2,1-2H3,(H,25,28);2*1H. The van der Waals surface area contributed by atoms with Gasteiger partial charge < -0.3 is 14.6 Å². The van der Waals surface area contributed by atoms with E-state index in [1.165, 1.54) is 0 Å². The summed E-state index contributed by atoms with van der Waals surface area (Å²) in [7, 11) is 1.76. The summed E-state index contributed by atoms with van der Waals surface area (Å²) < 4.78 is 7.54. The van der Waals surface area contributed by atoms with Gasteiger partial charge in [0.05, 0.1) is 18.7 Å². The molecule has 0 aliphatic heterocycles. The maximum Gasteiger partial charge on any atom is 0.250 e. The van der Waals surface area contributed by atoms with E-state index in [4.69, 9.17) is 4.74 Å². The molecule has 0 aliphatic carbocycles. The van der Waals surface area contributed by atoms with Gasteiger partial charge in [-0.2, -0.15) is 0 Å². The second-order valence-corrected chi connectivity index (χ2v) is 7.17. The van der Waals surface area contributed by atoms with Crippen molar-refractivity contribution in [2.75, 3.05) is 26.2 Å². The molecule has 32 heavy (non-hydrogen) atoms. The highest BCUT2D eigenvalue weighted by molar-refractivity contribution is 5.85. The Morgan fingerprint density at radius 1 is 1.12 bits per heavy atom. The van der Waals surface area contributed by atoms with Crippen LogP contribution in [0, 0.1) is 0 Å². The number of ether oxygens (including phenoxy) is 1. The van der Waals surface area contributed by atoms with E-state index in [2.05, 4.69) is 15.2 Å². The average molecular weight is 481 g/mol. The summed E-state index contributed by atoms with van der Waals surface area (Å²) in [4.78, 5) is 29.9. The van der Waals surface area contributed by atoms with Crippen LogP contribution in [0.1, 0.15) is 18.9 Å². The van der Waals surface area contributed by atoms with Gasteiger partial charge in [0.2, 0.25) is 5.91 Å². The van der Waals surface area contributed by atoms with Gasteiger partial charge in [-0.1, -0.05) is 0 Å². The topological polar surface area (TPSA) is 76.5 Å². The fourth-order valence-electron chi connectivity index (χ4n) is 3.35. The van der Waals surface area contributed by atoms with Crippen LogP contribution < -0.4 is 15.6 Å². The van der Waals surface area contributed by atoms with Crippen LogP contribution in [0.4, 0.5) is 0 Å². The summed E-state index contributed by atoms with van der Waals surface area (Å²) in [5, 5.41) is 3.82. The number of carbonyl (C=O) groups is 1. The van der Waals surface area contributed by atoms with E-state index in [-0.39, 0.29) is 36.3 Å². The Labute approximate surface area is 200 Å². The summed E-state index contributed by atoms with van der Waals surface area (Å²) >= 11 is 0. The summed E-state index contributed by atoms with van der Waals surface area (Å²) in [6, 6.07) is 13.0. The number of hydrogen-bond donors (Lipinski definition) is 1. The molecule has 1 aromatic carbocycles. The minimum atomic E-state index is -0.0300. The third-order valence-corrected chi connectivity index (χ3v) is 4.88. The lowest BCUT2D eigenvalue weighted by molar-refractivity contribution is -0.122. The van der Waals surface area contributed by atoms with Crippen molar-refractivity contribution < 1.29 is 9.53 Å². The zero-order valence-electron chi connectivity index (χ0n) is 18.3. The van der Waals surface area contributed by atoms with Crippen LogP contribution in [0.2, 0.25) is 0 Å². The first kappa shape index (κ1) is 27.4. The van der Waals surface area contributed by atoms with Crippen molar-refractivity contribution in [1.29, 1.82) is 0 Å². The van der Waals surface area contributed by atoms with Crippen LogP contribution in [0.15, 0.2) is 59.7 Å². The predicted molar refractivity (Wildman–Crippen MR) is 132 cm³/mol. The maximum atomic E-state index is 12.1. The van der Waals surface area contributed by atoms with Gasteiger partial charge in [-0.25, -0.2) is 0 Å². The van der Waals surface area contributed by atoms with Gasteiger partial charge in [0, 0.05) is 50.5 Å². The van der Waals surface area contributed by atoms with Crippen LogP contribution in [-0.2, 0) is 18.4 Å². The number of hydrogen-bond acceptors (Lipinski definition) is 5. The molecule has 2 aromatic heterocycles. The van der Waals surface area contributed by atoms with Crippen LogP contribution in [0.5, 0.6) is 5.75 Å². The largest absolute Gasteiger partial charge is 0.494 e. The molecule has 1 N–H and O–H groups in total. The lowest BCUT2D eigenvalue weighted by Crippen LogP contribution is -2.37. The predicted octanol–water partition coefficient (Wildman–Crippen LogP) is 3.18. The molecule has 0 unspecified atom stereocenters. The van der Waals surface area contributed by atoms with Gasteiger partial charge in [-0.15, -0.1) is 24.8 Å². The molecule has 0 radical (unpaired) electrons. The number of halogens is 2. The molecule has 0 spiro atoms. The van der Waals surface area contributed by atoms with Crippen molar-refractivity contribution in [3.63, 3.8) is 0 Å². The first-order chi connectivity index (χ1) is 14.6. The Morgan fingerprint density at radius 2 is 1.88 bits per heavy atom. The second-order valence-electron chi connectivity index (χ2n) is 7.17. The van der Waals surface area contributed by atoms with Gasteiger partial charge >= 0.3 is 0 Å². The fourth-order valence-corrected chi connectivity index (χ4v) is 3.35. The molecular weight excluding hydrogens is 451 g/mol. The summed E-state index contributed by atoms with van der Waals surface area (Å²) in [6.07, 6.45) is 4.31. The average Bonchev–Trinajstić information content (AvgIpc) is 2.74. The van der Waals surface area contributed by atoms with Gasteiger partial charge in [-0.05, 0) is 55.3 Å². The van der Waals surface area contributed by atoms with E-state index < -0.39 is 0 Å². The number of nitrogens with one attached hydrogen (secondary N) is 1. The first-order valence-corrected chi connectivity index (χ1v) is 10.2. The monoisotopic (exact) mass is 480 g/mol. The Morgan fingerprint density at radius 3 is 2.59 bits per heavy atom. The summed E-state index contributed by atoms with van der Waals surface area (Å²) in [5.41, 5.74) is 1.97. The number of amides is 1. The Kier molecular flexibility index (Phi) is 11.8. The number of pyridine rings is 2. The number of nitrogens with zero attached hydrogens (tertiary/aromatic N) is 3. The van der Waals surface area contributed by atoms with E-state index in [1.54, 1.807) is 30.1 Å². The molecule has 0 aliphatic rings. The van der Waals surface area contributed by atoms with Crippen LogP contribution >= 0.6 is 24.8 Å². The van der Waals surface area contributed by atoms with E-state index >= 15 is 0 Å². The highest BCUT2D eigenvalue weighted by atomic mass is 35.5. The Hall–Kier alpha value is -2.61. The number of aromatic nitrogens is 2. The molecule has 0 saturated carbocycles. The SMILES string of the molecule is CCNC(=O)CN(CCCOc1ccc2c(ccc(=O)n2C)c1)Cc1ccncc1.Cl.Cl. The van der Waals surface area contributed by atoms with Crippen LogP contribution in [0.25, 0.3) is 10.9 Å². The van der Waals surface area contributed by atoms with Crippen LogP contribution in [0.3, 0.4) is 0 Å². The molecule has 7 nitrogen and oxygen atoms in total. The van der Waals surface area contributed by atoms with E-state index in [0.29, 0.717) is 26.2 Å². The lowest BCUT2D eigenvalue weighted by Gasteiger charge is -2.22. The van der Waals surface area contributed by atoms with E-state index in [0.717, 1.165) is 35.2 Å². The molecule has 0 saturated heterocycles. The minimum Gasteiger partial charge on any atom is -0.494 e. The van der Waals surface area contributed by atoms with Gasteiger partial charge in [-0.3, -0.25) is 19.5 Å². The zero-order valence-corrected chi connectivity index (χ0v) is 20.0. The smallest absolute Gasteiger partial charge is 0.250 e. The van der Waals surface area contributed by atoms with Crippen molar-refractivity contribution in [1.82, 2.24) is 19.8 Å². The molecule has 0 bridgehead atoms. The van der Waals surface area contributed by atoms with Crippen molar-refractivity contribution in [3.8, 4) is 5.75 Å². The van der Waals surface area contributed by atoms with Crippen LogP contribution in [-0.4, -0.2) is 46.6 Å². The molecule has 9 heteroatoms. The number of fused-ring (bicyclic) bond motifs is 1.